The van der Waals surface area contributed by atoms with Crippen molar-refractivity contribution in [2.24, 2.45) is 5.92 Å². The number of rotatable bonds is 5. The van der Waals surface area contributed by atoms with Gasteiger partial charge in [-0.25, -0.2) is 0 Å². The summed E-state index contributed by atoms with van der Waals surface area (Å²) < 4.78 is 15.6. The number of hydrogen-bond acceptors (Lipinski definition) is 6. The van der Waals surface area contributed by atoms with E-state index in [1.54, 1.807) is 18.2 Å². The Morgan fingerprint density at radius 3 is 2.75 bits per heavy atom. The molecule has 130 valence electrons. The maximum Gasteiger partial charge on any atom is 0.309 e. The molecule has 0 radical (unpaired) electrons. The van der Waals surface area contributed by atoms with Crippen molar-refractivity contribution in [3.05, 3.63) is 18.2 Å². The first-order valence-corrected chi connectivity index (χ1v) is 8.24. The summed E-state index contributed by atoms with van der Waals surface area (Å²) in [6.45, 7) is 4.19. The van der Waals surface area contributed by atoms with Crippen LogP contribution in [0.2, 0.25) is 0 Å². The van der Waals surface area contributed by atoms with Gasteiger partial charge in [0.05, 0.1) is 19.1 Å². The van der Waals surface area contributed by atoms with Crippen molar-refractivity contribution in [2.75, 3.05) is 38.4 Å². The van der Waals surface area contributed by atoms with Gasteiger partial charge < -0.3 is 19.5 Å². The van der Waals surface area contributed by atoms with E-state index in [0.717, 1.165) is 25.9 Å². The van der Waals surface area contributed by atoms with Gasteiger partial charge in [-0.1, -0.05) is 0 Å². The summed E-state index contributed by atoms with van der Waals surface area (Å²) in [6, 6.07) is 5.33. The van der Waals surface area contributed by atoms with E-state index in [2.05, 4.69) is 10.2 Å². The highest BCUT2D eigenvalue weighted by molar-refractivity contribution is 5.92. The fourth-order valence-corrected chi connectivity index (χ4v) is 2.96. The van der Waals surface area contributed by atoms with Crippen molar-refractivity contribution in [1.82, 2.24) is 4.90 Å². The standard InChI is InChI=1S/C17H22N2O5/c1-2-22-17(21)12-5-7-19(8-6-12)10-16(20)18-13-3-4-14-15(9-13)24-11-23-14/h3-4,9,12H,2,5-8,10-11H2,1H3,(H,18,20). The van der Waals surface area contributed by atoms with Crippen molar-refractivity contribution in [3.8, 4) is 11.5 Å². The molecule has 0 aromatic heterocycles. The Morgan fingerprint density at radius 1 is 1.25 bits per heavy atom. The molecule has 1 amide bonds. The molecule has 2 aliphatic rings. The van der Waals surface area contributed by atoms with Crippen molar-refractivity contribution in [1.29, 1.82) is 0 Å². The summed E-state index contributed by atoms with van der Waals surface area (Å²) >= 11 is 0. The van der Waals surface area contributed by atoms with Crippen molar-refractivity contribution in [3.63, 3.8) is 0 Å². The first-order chi connectivity index (χ1) is 11.7. The first kappa shape index (κ1) is 16.6. The predicted molar refractivity (Wildman–Crippen MR) is 87.0 cm³/mol. The molecule has 2 aliphatic heterocycles. The highest BCUT2D eigenvalue weighted by Crippen LogP contribution is 2.34. The van der Waals surface area contributed by atoms with Crippen LogP contribution < -0.4 is 14.8 Å². The van der Waals surface area contributed by atoms with Crippen LogP contribution >= 0.6 is 0 Å². The molecular weight excluding hydrogens is 312 g/mol. The fourth-order valence-electron chi connectivity index (χ4n) is 2.96. The number of carbonyl (C=O) groups is 2. The lowest BCUT2D eigenvalue weighted by Gasteiger charge is -2.30. The van der Waals surface area contributed by atoms with E-state index in [1.807, 2.05) is 6.92 Å². The lowest BCUT2D eigenvalue weighted by Crippen LogP contribution is -2.41. The first-order valence-electron chi connectivity index (χ1n) is 8.24. The molecule has 0 bridgehead atoms. The number of nitrogens with one attached hydrogen (secondary N) is 1. The Labute approximate surface area is 140 Å². The molecule has 1 saturated heterocycles. The average molecular weight is 334 g/mol. The monoisotopic (exact) mass is 334 g/mol. The van der Waals surface area contributed by atoms with E-state index in [9.17, 15) is 9.59 Å². The molecule has 0 saturated carbocycles. The van der Waals surface area contributed by atoms with Crippen molar-refractivity contribution < 1.29 is 23.8 Å². The smallest absolute Gasteiger partial charge is 0.309 e. The molecule has 1 fully saturated rings. The SMILES string of the molecule is CCOC(=O)C1CCN(CC(=O)Nc2ccc3c(c2)OCO3)CC1. The third-order valence-electron chi connectivity index (χ3n) is 4.23. The number of amides is 1. The summed E-state index contributed by atoms with van der Waals surface area (Å²) in [5.41, 5.74) is 0.686. The summed E-state index contributed by atoms with van der Waals surface area (Å²) in [5, 5.41) is 2.87. The largest absolute Gasteiger partial charge is 0.466 e. The number of fused-ring (bicyclic) bond motifs is 1. The number of esters is 1. The Balaban J connectivity index is 1.45. The second kappa shape index (κ2) is 7.53. The number of hydrogen-bond donors (Lipinski definition) is 1. The van der Waals surface area contributed by atoms with Crippen LogP contribution in [-0.4, -0.2) is 49.8 Å². The highest BCUT2D eigenvalue weighted by atomic mass is 16.7. The average Bonchev–Trinajstić information content (AvgIpc) is 3.03. The highest BCUT2D eigenvalue weighted by Gasteiger charge is 2.26. The molecule has 1 N–H and O–H groups in total. The third kappa shape index (κ3) is 3.97. The second-order valence-electron chi connectivity index (χ2n) is 5.92. The zero-order chi connectivity index (χ0) is 16.9. The lowest BCUT2D eigenvalue weighted by atomic mass is 9.97. The van der Waals surface area contributed by atoms with Crippen LogP contribution in [-0.2, 0) is 14.3 Å². The van der Waals surface area contributed by atoms with Gasteiger partial charge in [-0.3, -0.25) is 14.5 Å². The zero-order valence-electron chi connectivity index (χ0n) is 13.7. The molecule has 0 atom stereocenters. The molecule has 0 unspecified atom stereocenters. The van der Waals surface area contributed by atoms with E-state index in [-0.39, 0.29) is 24.6 Å². The summed E-state index contributed by atoms with van der Waals surface area (Å²) in [6.07, 6.45) is 1.46. The van der Waals surface area contributed by atoms with Crippen LogP contribution in [0.25, 0.3) is 0 Å². The van der Waals surface area contributed by atoms with Gasteiger partial charge >= 0.3 is 5.97 Å². The lowest BCUT2D eigenvalue weighted by molar-refractivity contribution is -0.149. The molecule has 1 aromatic carbocycles. The topological polar surface area (TPSA) is 77.1 Å². The number of nitrogens with zero attached hydrogens (tertiary/aromatic N) is 1. The van der Waals surface area contributed by atoms with Gasteiger partial charge in [-0.05, 0) is 45.0 Å². The van der Waals surface area contributed by atoms with Gasteiger partial charge in [0.15, 0.2) is 11.5 Å². The minimum absolute atomic E-state index is 0.0434. The Bertz CT molecular complexity index is 611. The number of carbonyl (C=O) groups excluding carboxylic acids is 2. The van der Waals surface area contributed by atoms with E-state index < -0.39 is 0 Å². The van der Waals surface area contributed by atoms with E-state index in [4.69, 9.17) is 14.2 Å². The predicted octanol–water partition coefficient (Wildman–Crippen LogP) is 1.63. The molecule has 7 heteroatoms. The number of benzene rings is 1. The maximum atomic E-state index is 12.2. The van der Waals surface area contributed by atoms with Crippen molar-refractivity contribution >= 4 is 17.6 Å². The zero-order valence-corrected chi connectivity index (χ0v) is 13.7. The Hall–Kier alpha value is -2.28. The van der Waals surface area contributed by atoms with Crippen LogP contribution in [0, 0.1) is 5.92 Å². The van der Waals surface area contributed by atoms with Crippen LogP contribution in [0.5, 0.6) is 11.5 Å². The molecule has 0 spiro atoms. The van der Waals surface area contributed by atoms with Gasteiger partial charge in [0.25, 0.3) is 0 Å². The number of piperidine rings is 1. The minimum Gasteiger partial charge on any atom is -0.466 e. The number of likely N-dealkylation sites (tertiary alicyclic amines) is 1. The summed E-state index contributed by atoms with van der Waals surface area (Å²) in [4.78, 5) is 26.0. The van der Waals surface area contributed by atoms with Crippen LogP contribution in [0.4, 0.5) is 5.69 Å². The minimum atomic E-state index is -0.123. The molecule has 24 heavy (non-hydrogen) atoms. The Kier molecular flexibility index (Phi) is 5.20. The maximum absolute atomic E-state index is 12.2. The van der Waals surface area contributed by atoms with E-state index >= 15 is 0 Å². The summed E-state index contributed by atoms with van der Waals surface area (Å²) in [7, 11) is 0. The molecule has 3 rings (SSSR count). The molecule has 0 aliphatic carbocycles. The van der Waals surface area contributed by atoms with Gasteiger partial charge in [-0.2, -0.15) is 0 Å². The van der Waals surface area contributed by atoms with Gasteiger partial charge in [0.1, 0.15) is 0 Å². The molecular formula is C17H22N2O5. The van der Waals surface area contributed by atoms with E-state index in [1.165, 1.54) is 0 Å². The summed E-state index contributed by atoms with van der Waals surface area (Å²) in [5.74, 6) is 1.08. The van der Waals surface area contributed by atoms with Gasteiger partial charge in [0.2, 0.25) is 12.7 Å². The number of ether oxygens (including phenoxy) is 3. The Morgan fingerprint density at radius 2 is 2.00 bits per heavy atom. The molecule has 1 aromatic rings. The van der Waals surface area contributed by atoms with Crippen molar-refractivity contribution in [2.45, 2.75) is 19.8 Å². The third-order valence-corrected chi connectivity index (χ3v) is 4.23. The van der Waals surface area contributed by atoms with Crippen LogP contribution in [0.15, 0.2) is 18.2 Å². The van der Waals surface area contributed by atoms with Crippen LogP contribution in [0.3, 0.4) is 0 Å². The van der Waals surface area contributed by atoms with Gasteiger partial charge in [0, 0.05) is 11.8 Å². The quantitative estimate of drug-likeness (QED) is 0.825. The fraction of sp³-hybridized carbons (Fsp3) is 0.529. The second-order valence-corrected chi connectivity index (χ2v) is 5.92. The number of anilines is 1. The van der Waals surface area contributed by atoms with E-state index in [0.29, 0.717) is 30.3 Å². The normalized spacial score (nSPS) is 17.5. The molecule has 2 heterocycles. The van der Waals surface area contributed by atoms with Gasteiger partial charge in [-0.15, -0.1) is 0 Å². The molecule has 7 nitrogen and oxygen atoms in total. The van der Waals surface area contributed by atoms with Crippen LogP contribution in [0.1, 0.15) is 19.8 Å².